The Balaban J connectivity index is 1.54. The van der Waals surface area contributed by atoms with Gasteiger partial charge < -0.3 is 9.64 Å². The first kappa shape index (κ1) is 15.8. The van der Waals surface area contributed by atoms with Crippen LogP contribution in [0, 0.1) is 0 Å². The molecule has 0 radical (unpaired) electrons. The van der Waals surface area contributed by atoms with Crippen molar-refractivity contribution in [3.8, 4) is 0 Å². The zero-order chi connectivity index (χ0) is 15.4. The van der Waals surface area contributed by atoms with E-state index in [2.05, 4.69) is 22.1 Å². The second-order valence-corrected chi connectivity index (χ2v) is 6.89. The number of aromatic nitrogens is 3. The fraction of sp³-hybridized carbons (Fsp3) is 0.800. The number of morpholine rings is 1. The third-order valence-corrected chi connectivity index (χ3v) is 5.21. The third kappa shape index (κ3) is 3.63. The molecule has 22 heavy (non-hydrogen) atoms. The van der Waals surface area contributed by atoms with E-state index in [1.807, 2.05) is 4.90 Å². The zero-order valence-electron chi connectivity index (χ0n) is 13.1. The van der Waals surface area contributed by atoms with E-state index >= 15 is 0 Å². The first-order valence-corrected chi connectivity index (χ1v) is 9.21. The van der Waals surface area contributed by atoms with E-state index in [0.717, 1.165) is 38.1 Å². The van der Waals surface area contributed by atoms with Crippen LogP contribution in [-0.4, -0.2) is 57.0 Å². The lowest BCUT2D eigenvalue weighted by Gasteiger charge is -2.43. The van der Waals surface area contributed by atoms with Crippen LogP contribution in [0.1, 0.15) is 44.9 Å². The van der Waals surface area contributed by atoms with Crippen LogP contribution in [0.5, 0.6) is 0 Å². The number of aryl methyl sites for hydroxylation is 1. The van der Waals surface area contributed by atoms with Crippen LogP contribution >= 0.6 is 11.8 Å². The summed E-state index contributed by atoms with van der Waals surface area (Å²) in [6.07, 6.45) is 6.75. The van der Waals surface area contributed by atoms with Crippen LogP contribution in [0.25, 0.3) is 0 Å². The van der Waals surface area contributed by atoms with Gasteiger partial charge in [-0.3, -0.25) is 9.89 Å². The molecule has 1 N–H and O–H groups in total. The summed E-state index contributed by atoms with van der Waals surface area (Å²) < 4.78 is 5.82. The van der Waals surface area contributed by atoms with Crippen molar-refractivity contribution >= 4 is 17.7 Å². The molecule has 0 aromatic carbocycles. The summed E-state index contributed by atoms with van der Waals surface area (Å²) in [7, 11) is 0. The van der Waals surface area contributed by atoms with E-state index in [0.29, 0.717) is 17.5 Å². The summed E-state index contributed by atoms with van der Waals surface area (Å²) in [4.78, 5) is 19.0. The molecule has 3 rings (SSSR count). The molecular weight excluding hydrogens is 300 g/mol. The van der Waals surface area contributed by atoms with E-state index in [-0.39, 0.29) is 18.1 Å². The maximum absolute atomic E-state index is 12.5. The molecule has 2 atom stereocenters. The Kier molecular flexibility index (Phi) is 5.36. The number of rotatable bonds is 5. The van der Waals surface area contributed by atoms with Crippen molar-refractivity contribution in [2.24, 2.45) is 0 Å². The van der Waals surface area contributed by atoms with Gasteiger partial charge in [0.15, 0.2) is 0 Å². The van der Waals surface area contributed by atoms with Crippen molar-refractivity contribution in [1.29, 1.82) is 0 Å². The van der Waals surface area contributed by atoms with Crippen molar-refractivity contribution in [1.82, 2.24) is 20.1 Å². The highest BCUT2D eigenvalue weighted by Gasteiger charge is 2.36. The molecule has 1 saturated heterocycles. The number of nitrogens with zero attached hydrogens (tertiary/aromatic N) is 3. The minimum atomic E-state index is 0.187. The van der Waals surface area contributed by atoms with E-state index in [1.165, 1.54) is 24.6 Å². The van der Waals surface area contributed by atoms with Crippen molar-refractivity contribution in [3.05, 3.63) is 5.82 Å². The number of thioether (sulfide) groups is 1. The molecule has 1 aromatic rings. The van der Waals surface area contributed by atoms with Crippen LogP contribution in [0.15, 0.2) is 5.16 Å². The smallest absolute Gasteiger partial charge is 0.233 e. The Morgan fingerprint density at radius 2 is 2.32 bits per heavy atom. The molecule has 2 fully saturated rings. The maximum Gasteiger partial charge on any atom is 0.233 e. The molecule has 0 unspecified atom stereocenters. The van der Waals surface area contributed by atoms with Crippen LogP contribution in [0.2, 0.25) is 0 Å². The number of hydrogen-bond acceptors (Lipinski definition) is 5. The molecule has 122 valence electrons. The van der Waals surface area contributed by atoms with Gasteiger partial charge in [-0.25, -0.2) is 4.98 Å². The number of ether oxygens (including phenoxy) is 1. The molecule has 1 aromatic heterocycles. The van der Waals surface area contributed by atoms with Gasteiger partial charge >= 0.3 is 0 Å². The Morgan fingerprint density at radius 3 is 3.18 bits per heavy atom. The molecule has 7 heteroatoms. The van der Waals surface area contributed by atoms with Gasteiger partial charge in [-0.15, -0.1) is 5.10 Å². The molecule has 0 spiro atoms. The number of aromatic amines is 1. The fourth-order valence-electron chi connectivity index (χ4n) is 3.31. The van der Waals surface area contributed by atoms with Crippen molar-refractivity contribution in [3.63, 3.8) is 0 Å². The van der Waals surface area contributed by atoms with Crippen LogP contribution in [0.4, 0.5) is 0 Å². The Labute approximate surface area is 135 Å². The lowest BCUT2D eigenvalue weighted by atomic mass is 9.90. The molecule has 2 aliphatic rings. The number of carbonyl (C=O) groups excluding carboxylic acids is 1. The summed E-state index contributed by atoms with van der Waals surface area (Å²) in [5.74, 6) is 1.50. The quantitative estimate of drug-likeness (QED) is 0.839. The summed E-state index contributed by atoms with van der Waals surface area (Å²) in [5, 5.41) is 7.76. The molecule has 2 heterocycles. The lowest BCUT2D eigenvalue weighted by Crippen LogP contribution is -2.55. The van der Waals surface area contributed by atoms with E-state index in [1.54, 1.807) is 0 Å². The van der Waals surface area contributed by atoms with Gasteiger partial charge in [-0.1, -0.05) is 31.5 Å². The first-order chi connectivity index (χ1) is 10.8. The predicted octanol–water partition coefficient (Wildman–Crippen LogP) is 2.02. The highest BCUT2D eigenvalue weighted by Crippen LogP contribution is 2.29. The second-order valence-electron chi connectivity index (χ2n) is 5.95. The molecule has 1 aliphatic heterocycles. The Morgan fingerprint density at radius 1 is 1.45 bits per heavy atom. The van der Waals surface area contributed by atoms with Crippen LogP contribution < -0.4 is 0 Å². The highest BCUT2D eigenvalue weighted by molar-refractivity contribution is 7.99. The molecular formula is C15H24N4O2S. The monoisotopic (exact) mass is 324 g/mol. The van der Waals surface area contributed by atoms with Gasteiger partial charge in [0.1, 0.15) is 5.82 Å². The van der Waals surface area contributed by atoms with Crippen molar-refractivity contribution in [2.45, 2.75) is 62.8 Å². The topological polar surface area (TPSA) is 71.1 Å². The van der Waals surface area contributed by atoms with E-state index < -0.39 is 0 Å². The minimum Gasteiger partial charge on any atom is -0.374 e. The number of fused-ring (bicyclic) bond motifs is 1. The first-order valence-electron chi connectivity index (χ1n) is 8.23. The van der Waals surface area contributed by atoms with Gasteiger partial charge in [0, 0.05) is 13.0 Å². The highest BCUT2D eigenvalue weighted by atomic mass is 32.2. The third-order valence-electron chi connectivity index (χ3n) is 4.38. The second kappa shape index (κ2) is 7.46. The van der Waals surface area contributed by atoms with E-state index in [4.69, 9.17) is 4.74 Å². The van der Waals surface area contributed by atoms with Gasteiger partial charge in [-0.05, 0) is 19.3 Å². The average Bonchev–Trinajstić information content (AvgIpc) is 3.00. The molecule has 0 bridgehead atoms. The Hall–Kier alpha value is -1.08. The number of carbonyl (C=O) groups is 1. The van der Waals surface area contributed by atoms with Gasteiger partial charge in [0.05, 0.1) is 24.5 Å². The van der Waals surface area contributed by atoms with Gasteiger partial charge in [0.2, 0.25) is 11.1 Å². The summed E-state index contributed by atoms with van der Waals surface area (Å²) in [6, 6.07) is 0.276. The molecule has 6 nitrogen and oxygen atoms in total. The lowest BCUT2D eigenvalue weighted by molar-refractivity contribution is -0.146. The predicted molar refractivity (Wildman–Crippen MR) is 84.8 cm³/mol. The summed E-state index contributed by atoms with van der Waals surface area (Å²) >= 11 is 1.42. The number of H-pyrrole nitrogens is 1. The van der Waals surface area contributed by atoms with Crippen LogP contribution in [-0.2, 0) is 16.0 Å². The van der Waals surface area contributed by atoms with Crippen molar-refractivity contribution < 1.29 is 9.53 Å². The maximum atomic E-state index is 12.5. The Bertz CT molecular complexity index is 505. The summed E-state index contributed by atoms with van der Waals surface area (Å²) in [5.41, 5.74) is 0. The normalized spacial score (nSPS) is 25.0. The summed E-state index contributed by atoms with van der Waals surface area (Å²) in [6.45, 7) is 3.49. The average molecular weight is 324 g/mol. The SMILES string of the molecule is CCCc1nc(SCC(=O)N2CCO[C@@H]3CCCC[C@@H]32)n[nH]1. The van der Waals surface area contributed by atoms with Crippen molar-refractivity contribution in [2.75, 3.05) is 18.9 Å². The van der Waals surface area contributed by atoms with Crippen LogP contribution in [0.3, 0.4) is 0 Å². The standard InChI is InChI=1S/C15H24N4O2S/c1-2-5-13-16-15(18-17-13)22-10-14(20)19-8-9-21-12-7-4-3-6-11(12)19/h11-12H,2-10H2,1H3,(H,16,17,18)/t11-,12+/m0/s1. The fourth-order valence-corrected chi connectivity index (χ4v) is 4.01. The van der Waals surface area contributed by atoms with Gasteiger partial charge in [0.25, 0.3) is 0 Å². The van der Waals surface area contributed by atoms with Gasteiger partial charge in [-0.2, -0.15) is 0 Å². The largest absolute Gasteiger partial charge is 0.374 e. The number of amides is 1. The van der Waals surface area contributed by atoms with E-state index in [9.17, 15) is 4.79 Å². The number of hydrogen-bond donors (Lipinski definition) is 1. The zero-order valence-corrected chi connectivity index (χ0v) is 13.9. The molecule has 1 amide bonds. The number of nitrogens with one attached hydrogen (secondary N) is 1. The molecule has 1 saturated carbocycles. The minimum absolute atomic E-state index is 0.187. The molecule has 1 aliphatic carbocycles.